The Kier molecular flexibility index (Phi) is 13.5. The average molecular weight is 796 g/mol. The number of aliphatic hydroxyl groups is 1. The van der Waals surface area contributed by atoms with E-state index in [1.165, 1.54) is 64.2 Å². The molecule has 6 fully saturated rings. The summed E-state index contributed by atoms with van der Waals surface area (Å²) in [6, 6.07) is 8.90. The lowest BCUT2D eigenvalue weighted by molar-refractivity contribution is -0.286. The fourth-order valence-corrected chi connectivity index (χ4v) is 14.4. The predicted octanol–water partition coefficient (Wildman–Crippen LogP) is 7.78. The highest BCUT2D eigenvalue weighted by Crippen LogP contribution is 2.80. The van der Waals surface area contributed by atoms with E-state index in [1.807, 2.05) is 25.3 Å². The van der Waals surface area contributed by atoms with Gasteiger partial charge in [0.2, 0.25) is 0 Å². The third kappa shape index (κ3) is 7.12. The molecule has 1 heterocycles. The number of methoxy groups -OCH3 is 4. The summed E-state index contributed by atoms with van der Waals surface area (Å²) in [7, 11) is 9.20. The first kappa shape index (κ1) is 43.0. The van der Waals surface area contributed by atoms with Crippen molar-refractivity contribution < 1.29 is 43.1 Å². The molecular weight excluding hydrogens is 723 g/mol. The topological polar surface area (TPSA) is 113 Å². The van der Waals surface area contributed by atoms with Gasteiger partial charge in [-0.25, -0.2) is 4.79 Å². The van der Waals surface area contributed by atoms with Gasteiger partial charge < -0.3 is 38.4 Å². The molecule has 10 nitrogen and oxygen atoms in total. The highest BCUT2D eigenvalue weighted by atomic mass is 16.6. The van der Waals surface area contributed by atoms with Gasteiger partial charge in [-0.2, -0.15) is 0 Å². The number of likely N-dealkylation sites (tertiary alicyclic amines) is 1. The lowest BCUT2D eigenvalue weighted by atomic mass is 9.43. The molecule has 1 saturated heterocycles. The first-order valence-corrected chi connectivity index (χ1v) is 22.6. The van der Waals surface area contributed by atoms with Crippen LogP contribution in [0.3, 0.4) is 0 Å². The van der Waals surface area contributed by atoms with Crippen molar-refractivity contribution in [2.75, 3.05) is 48.6 Å². The van der Waals surface area contributed by atoms with E-state index in [0.717, 1.165) is 38.6 Å². The molecule has 57 heavy (non-hydrogen) atoms. The van der Waals surface area contributed by atoms with E-state index in [1.54, 1.807) is 33.5 Å². The molecule has 5 saturated carbocycles. The van der Waals surface area contributed by atoms with Gasteiger partial charge in [0.25, 0.3) is 0 Å². The average Bonchev–Trinajstić information content (AvgIpc) is 3.60. The van der Waals surface area contributed by atoms with Gasteiger partial charge >= 0.3 is 11.9 Å². The van der Waals surface area contributed by atoms with Crippen molar-refractivity contribution in [2.24, 2.45) is 34.5 Å². The Morgan fingerprint density at radius 2 is 1.44 bits per heavy atom. The second-order valence-electron chi connectivity index (χ2n) is 19.0. The number of unbranched alkanes of at least 4 members (excludes halogenated alkanes) is 12. The molecule has 5 aliphatic carbocycles. The molecule has 1 aliphatic heterocycles. The third-order valence-corrected chi connectivity index (χ3v) is 16.2. The smallest absolute Gasteiger partial charge is 0.338 e. The quantitative estimate of drug-likeness (QED) is 0.0923. The van der Waals surface area contributed by atoms with Crippen LogP contribution in [0.25, 0.3) is 0 Å². The normalized spacial score (nSPS) is 39.9. The van der Waals surface area contributed by atoms with Gasteiger partial charge in [-0.05, 0) is 50.8 Å². The summed E-state index contributed by atoms with van der Waals surface area (Å²) in [5.41, 5.74) is -2.91. The zero-order chi connectivity index (χ0) is 40.4. The SMILES string of the molecule is CCCCCCCCCCCCCCCC(=O)O[C@]12C[C@H](OC)[C@@]3(O)C[C@H]([C@@H]1[C@H]3OC(=O)c1ccccc1)[C@@]13C4[C@@H]2[C@H](OC)[C@@H]1[C@@](COC)(CC[C@@H]3OC)CN4C. The summed E-state index contributed by atoms with van der Waals surface area (Å²) in [5, 5.41) is 13.0. The molecule has 1 spiro atoms. The molecular formula is C47H73NO9. The summed E-state index contributed by atoms with van der Waals surface area (Å²) in [4.78, 5) is 30.9. The van der Waals surface area contributed by atoms with Crippen LogP contribution < -0.4 is 0 Å². The van der Waals surface area contributed by atoms with Gasteiger partial charge in [0.15, 0.2) is 0 Å². The standard InChI is InChI=1S/C47H73NO9/c1-7-8-9-10-11-12-13-14-15-16-17-18-22-25-36(49)57-46-29-35(54-5)45(51)28-33(37(46)42(45)56-43(50)32-23-20-19-21-24-32)47-34(53-4)26-27-44(31-52-3)30-48(2)41(47)38(46)39(55-6)40(44)47/h19-21,23-24,33-35,37-42,51H,7-18,22,25-31H2,1-6H3/t33-,34+,35+,37-,38+,39+,40-,41?,42-,44+,45+,46-,47+/m1/s1. The number of fused-ring (bicyclic) bond motifs is 2. The number of carbonyl (C=O) groups is 2. The molecule has 7 bridgehead atoms. The maximum atomic E-state index is 14.4. The number of piperidine rings is 1. The number of carbonyl (C=O) groups excluding carboxylic acids is 2. The molecule has 10 heteroatoms. The number of ether oxygens (including phenoxy) is 6. The monoisotopic (exact) mass is 796 g/mol. The zero-order valence-corrected chi connectivity index (χ0v) is 35.9. The Balaban J connectivity index is 1.17. The molecule has 7 rings (SSSR count). The molecule has 0 radical (unpaired) electrons. The number of hydrogen-bond donors (Lipinski definition) is 1. The maximum Gasteiger partial charge on any atom is 0.338 e. The highest BCUT2D eigenvalue weighted by Gasteiger charge is 2.89. The number of benzene rings is 1. The van der Waals surface area contributed by atoms with Crippen LogP contribution in [0.2, 0.25) is 0 Å². The van der Waals surface area contributed by atoms with Crippen LogP contribution in [-0.4, -0.2) is 112 Å². The van der Waals surface area contributed by atoms with Crippen LogP contribution in [-0.2, 0) is 33.2 Å². The van der Waals surface area contributed by atoms with Crippen molar-refractivity contribution in [1.82, 2.24) is 4.90 Å². The van der Waals surface area contributed by atoms with E-state index in [-0.39, 0.29) is 47.4 Å². The van der Waals surface area contributed by atoms with Crippen molar-refractivity contribution in [3.63, 3.8) is 0 Å². The number of esters is 2. The van der Waals surface area contributed by atoms with E-state index >= 15 is 0 Å². The van der Waals surface area contributed by atoms with E-state index in [2.05, 4.69) is 18.9 Å². The summed E-state index contributed by atoms with van der Waals surface area (Å²) >= 11 is 0. The summed E-state index contributed by atoms with van der Waals surface area (Å²) in [5.74, 6) is -1.69. The van der Waals surface area contributed by atoms with Gasteiger partial charge in [-0.1, -0.05) is 102 Å². The van der Waals surface area contributed by atoms with Gasteiger partial charge in [0.05, 0.1) is 30.5 Å². The molecule has 1 unspecified atom stereocenters. The van der Waals surface area contributed by atoms with Crippen LogP contribution in [0.1, 0.15) is 133 Å². The first-order chi connectivity index (χ1) is 27.6. The fraction of sp³-hybridized carbons (Fsp3) is 0.830. The molecule has 320 valence electrons. The summed E-state index contributed by atoms with van der Waals surface area (Å²) < 4.78 is 39.3. The molecule has 0 amide bonds. The Morgan fingerprint density at radius 1 is 0.807 bits per heavy atom. The van der Waals surface area contributed by atoms with Crippen LogP contribution >= 0.6 is 0 Å². The van der Waals surface area contributed by atoms with Crippen molar-refractivity contribution in [3.8, 4) is 0 Å². The van der Waals surface area contributed by atoms with E-state index in [0.29, 0.717) is 31.4 Å². The predicted molar refractivity (Wildman–Crippen MR) is 218 cm³/mol. The third-order valence-electron chi connectivity index (χ3n) is 16.2. The Labute approximate surface area is 342 Å². The molecule has 1 aromatic rings. The Bertz CT molecular complexity index is 1510. The van der Waals surface area contributed by atoms with Gasteiger partial charge in [-0.15, -0.1) is 0 Å². The molecule has 13 atom stereocenters. The largest absolute Gasteiger partial charge is 0.458 e. The van der Waals surface area contributed by atoms with Crippen LogP contribution in [0, 0.1) is 34.5 Å². The van der Waals surface area contributed by atoms with Crippen LogP contribution in [0.5, 0.6) is 0 Å². The molecule has 6 aliphatic rings. The van der Waals surface area contributed by atoms with Crippen molar-refractivity contribution in [1.29, 1.82) is 0 Å². The second kappa shape index (κ2) is 17.9. The minimum absolute atomic E-state index is 0.0147. The lowest BCUT2D eigenvalue weighted by Crippen LogP contribution is -2.77. The van der Waals surface area contributed by atoms with Gasteiger partial charge in [-0.3, -0.25) is 4.79 Å². The van der Waals surface area contributed by atoms with E-state index < -0.39 is 40.7 Å². The highest BCUT2D eigenvalue weighted by molar-refractivity contribution is 5.89. The van der Waals surface area contributed by atoms with Crippen molar-refractivity contribution in [2.45, 2.75) is 164 Å². The van der Waals surface area contributed by atoms with E-state index in [4.69, 9.17) is 28.4 Å². The lowest BCUT2D eigenvalue weighted by Gasteiger charge is -2.69. The van der Waals surface area contributed by atoms with E-state index in [9.17, 15) is 14.7 Å². The summed E-state index contributed by atoms with van der Waals surface area (Å²) in [6.45, 7) is 3.66. The summed E-state index contributed by atoms with van der Waals surface area (Å²) in [6.07, 6.45) is 16.6. The fourth-order valence-electron chi connectivity index (χ4n) is 14.4. The Hall–Kier alpha value is -2.08. The number of hydrogen-bond acceptors (Lipinski definition) is 10. The maximum absolute atomic E-state index is 14.4. The molecule has 1 aromatic carbocycles. The minimum Gasteiger partial charge on any atom is -0.458 e. The number of nitrogens with zero attached hydrogens (tertiary/aromatic N) is 1. The second-order valence-corrected chi connectivity index (χ2v) is 19.0. The van der Waals surface area contributed by atoms with Crippen LogP contribution in [0.15, 0.2) is 30.3 Å². The zero-order valence-electron chi connectivity index (χ0n) is 35.9. The first-order valence-electron chi connectivity index (χ1n) is 22.6. The van der Waals surface area contributed by atoms with Gasteiger partial charge in [0.1, 0.15) is 17.3 Å². The number of rotatable bonds is 22. The minimum atomic E-state index is -1.49. The molecule has 1 N–H and O–H groups in total. The molecule has 0 aromatic heterocycles. The van der Waals surface area contributed by atoms with Crippen LogP contribution in [0.4, 0.5) is 0 Å². The van der Waals surface area contributed by atoms with Crippen molar-refractivity contribution >= 4 is 11.9 Å². The van der Waals surface area contributed by atoms with Crippen molar-refractivity contribution in [3.05, 3.63) is 35.9 Å². The van der Waals surface area contributed by atoms with Gasteiger partial charge in [0, 0.05) is 82.5 Å². The Morgan fingerprint density at radius 3 is 2.04 bits per heavy atom.